The van der Waals surface area contributed by atoms with Crippen molar-refractivity contribution in [1.29, 1.82) is 0 Å². The van der Waals surface area contributed by atoms with Crippen molar-refractivity contribution in [1.82, 2.24) is 20.0 Å². The Balaban J connectivity index is 1.70. The highest BCUT2D eigenvalue weighted by Gasteiger charge is 2.60. The van der Waals surface area contributed by atoms with Gasteiger partial charge < -0.3 is 0 Å². The van der Waals surface area contributed by atoms with E-state index >= 15 is 0 Å². The second kappa shape index (κ2) is 5.78. The van der Waals surface area contributed by atoms with E-state index in [-0.39, 0.29) is 16.4 Å². The average Bonchev–Trinajstić information content (AvgIpc) is 3.27. The Morgan fingerprint density at radius 3 is 2.45 bits per heavy atom. The molecule has 1 saturated carbocycles. The van der Waals surface area contributed by atoms with Gasteiger partial charge in [-0.15, -0.1) is 0 Å². The fourth-order valence-corrected chi connectivity index (χ4v) is 5.62. The molecule has 0 N–H and O–H groups in total. The van der Waals surface area contributed by atoms with Crippen LogP contribution in [-0.4, -0.2) is 20.0 Å². The van der Waals surface area contributed by atoms with Gasteiger partial charge in [-0.1, -0.05) is 51.1 Å². The summed E-state index contributed by atoms with van der Waals surface area (Å²) in [6.45, 7) is 13.7. The molecule has 2 aliphatic carbocycles. The van der Waals surface area contributed by atoms with Crippen LogP contribution in [0.15, 0.2) is 42.6 Å². The smallest absolute Gasteiger partial charge is 0.0970 e. The Morgan fingerprint density at radius 2 is 1.76 bits per heavy atom. The van der Waals surface area contributed by atoms with Crippen LogP contribution in [0.2, 0.25) is 0 Å². The maximum Gasteiger partial charge on any atom is 0.0970 e. The van der Waals surface area contributed by atoms with E-state index < -0.39 is 0 Å². The van der Waals surface area contributed by atoms with Crippen molar-refractivity contribution in [2.45, 2.75) is 71.3 Å². The van der Waals surface area contributed by atoms with E-state index in [0.717, 1.165) is 22.5 Å². The molecule has 4 heteroatoms. The zero-order chi connectivity index (χ0) is 20.6. The van der Waals surface area contributed by atoms with Crippen molar-refractivity contribution in [2.75, 3.05) is 0 Å². The topological polar surface area (TPSA) is 43.6 Å². The number of hydrogen-bond acceptors (Lipinski definition) is 3. The molecule has 0 amide bonds. The summed E-state index contributed by atoms with van der Waals surface area (Å²) in [6, 6.07) is 12.8. The molecular formula is C25H30N4. The quantitative estimate of drug-likeness (QED) is 0.548. The van der Waals surface area contributed by atoms with Crippen molar-refractivity contribution in [3.63, 3.8) is 0 Å². The van der Waals surface area contributed by atoms with Gasteiger partial charge in [-0.05, 0) is 56.6 Å². The van der Waals surface area contributed by atoms with Gasteiger partial charge in [0, 0.05) is 16.5 Å². The fourth-order valence-electron chi connectivity index (χ4n) is 5.62. The Bertz CT molecular complexity index is 1090. The van der Waals surface area contributed by atoms with E-state index in [1.807, 2.05) is 6.20 Å². The lowest BCUT2D eigenvalue weighted by molar-refractivity contribution is 0.226. The third-order valence-electron chi connectivity index (χ3n) is 7.68. The number of rotatable bonds is 2. The largest absolute Gasteiger partial charge is 0.259 e. The third kappa shape index (κ3) is 2.41. The lowest BCUT2D eigenvalue weighted by Gasteiger charge is -2.33. The molecule has 0 aliphatic heterocycles. The van der Waals surface area contributed by atoms with Crippen molar-refractivity contribution >= 4 is 0 Å². The van der Waals surface area contributed by atoms with Crippen LogP contribution in [0.5, 0.6) is 0 Å². The van der Waals surface area contributed by atoms with Crippen molar-refractivity contribution in [3.8, 4) is 22.5 Å². The zero-order valence-corrected chi connectivity index (χ0v) is 18.3. The minimum atomic E-state index is -0.123. The molecule has 1 aromatic carbocycles. The highest BCUT2D eigenvalue weighted by Crippen LogP contribution is 2.67. The first-order chi connectivity index (χ1) is 13.6. The van der Waals surface area contributed by atoms with Crippen LogP contribution >= 0.6 is 0 Å². The normalized spacial score (nSPS) is 24.7. The van der Waals surface area contributed by atoms with Crippen LogP contribution in [-0.2, 0) is 11.0 Å². The fraction of sp³-hybridized carbons (Fsp3) is 0.480. The molecule has 0 spiro atoms. The Hall–Kier alpha value is -2.49. The number of hydrogen-bond donors (Lipinski definition) is 0. The monoisotopic (exact) mass is 386 g/mol. The third-order valence-corrected chi connectivity index (χ3v) is 7.68. The van der Waals surface area contributed by atoms with Gasteiger partial charge in [0.1, 0.15) is 0 Å². The number of benzene rings is 1. The summed E-state index contributed by atoms with van der Waals surface area (Å²) in [5.74, 6) is 0.564. The minimum Gasteiger partial charge on any atom is -0.259 e. The second-order valence-electron chi connectivity index (χ2n) is 10.5. The molecular weight excluding hydrogens is 356 g/mol. The lowest BCUT2D eigenvalue weighted by Crippen LogP contribution is -2.32. The summed E-state index contributed by atoms with van der Waals surface area (Å²) in [6.07, 6.45) is 4.42. The van der Waals surface area contributed by atoms with Crippen LogP contribution in [0.1, 0.15) is 71.6 Å². The molecule has 0 saturated heterocycles. The van der Waals surface area contributed by atoms with Crippen LogP contribution in [0.4, 0.5) is 0 Å². The van der Waals surface area contributed by atoms with Gasteiger partial charge in [-0.25, -0.2) is 0 Å². The van der Waals surface area contributed by atoms with Gasteiger partial charge >= 0.3 is 0 Å². The number of fused-ring (bicyclic) bond motifs is 5. The summed E-state index contributed by atoms with van der Waals surface area (Å²) in [5.41, 5.74) is 7.13. The maximum atomic E-state index is 4.80. The molecule has 29 heavy (non-hydrogen) atoms. The molecule has 2 aliphatic rings. The van der Waals surface area contributed by atoms with E-state index in [4.69, 9.17) is 15.3 Å². The predicted molar refractivity (Wildman–Crippen MR) is 117 cm³/mol. The van der Waals surface area contributed by atoms with Crippen molar-refractivity contribution in [3.05, 3.63) is 53.9 Å². The Kier molecular flexibility index (Phi) is 3.69. The minimum absolute atomic E-state index is 0.123. The standard InChI is InChI=1S/C25H30N4/c1-23(2,3)29-21(16-10-8-7-9-11-16)18(15-26-29)20-14-17-19-12-13-25(6,24(19,4)5)22(17)28-27-20/h7-11,14-15,19H,12-13H2,1-6H3/t19-,25+/m0/s1. The average molecular weight is 387 g/mol. The molecule has 2 heterocycles. The molecule has 0 radical (unpaired) electrons. The number of aromatic nitrogens is 4. The summed E-state index contributed by atoms with van der Waals surface area (Å²) in [7, 11) is 0. The maximum absolute atomic E-state index is 4.80. The predicted octanol–water partition coefficient (Wildman–Crippen LogP) is 5.94. The first-order valence-corrected chi connectivity index (χ1v) is 10.7. The van der Waals surface area contributed by atoms with Gasteiger partial charge in [0.05, 0.1) is 28.8 Å². The molecule has 2 aromatic heterocycles. The van der Waals surface area contributed by atoms with Crippen LogP contribution in [0.3, 0.4) is 0 Å². The summed E-state index contributed by atoms with van der Waals surface area (Å²) < 4.78 is 2.12. The summed E-state index contributed by atoms with van der Waals surface area (Å²) in [5, 5.41) is 14.3. The van der Waals surface area contributed by atoms with E-state index in [1.165, 1.54) is 24.1 Å². The highest BCUT2D eigenvalue weighted by atomic mass is 15.3. The summed E-state index contributed by atoms with van der Waals surface area (Å²) >= 11 is 0. The van der Waals surface area contributed by atoms with Crippen LogP contribution in [0.25, 0.3) is 22.5 Å². The van der Waals surface area contributed by atoms with Gasteiger partial charge in [-0.2, -0.15) is 15.3 Å². The molecule has 4 nitrogen and oxygen atoms in total. The molecule has 5 rings (SSSR count). The molecule has 3 aromatic rings. The highest BCUT2D eigenvalue weighted by molar-refractivity contribution is 5.79. The van der Waals surface area contributed by atoms with Crippen LogP contribution in [0, 0.1) is 5.41 Å². The van der Waals surface area contributed by atoms with E-state index in [9.17, 15) is 0 Å². The lowest BCUT2D eigenvalue weighted by atomic mass is 9.70. The first-order valence-electron chi connectivity index (χ1n) is 10.7. The first kappa shape index (κ1) is 18.5. The van der Waals surface area contributed by atoms with E-state index in [1.54, 1.807) is 0 Å². The van der Waals surface area contributed by atoms with Gasteiger partial charge in [0.2, 0.25) is 0 Å². The molecule has 2 atom stereocenters. The summed E-state index contributed by atoms with van der Waals surface area (Å²) in [4.78, 5) is 0. The molecule has 2 bridgehead atoms. The van der Waals surface area contributed by atoms with Crippen molar-refractivity contribution in [2.24, 2.45) is 5.41 Å². The van der Waals surface area contributed by atoms with Gasteiger partial charge in [0.15, 0.2) is 0 Å². The van der Waals surface area contributed by atoms with Gasteiger partial charge in [0.25, 0.3) is 0 Å². The molecule has 0 unspecified atom stereocenters. The van der Waals surface area contributed by atoms with Crippen LogP contribution < -0.4 is 0 Å². The Labute approximate surface area is 173 Å². The zero-order valence-electron chi connectivity index (χ0n) is 18.3. The SMILES string of the molecule is CC(C)(C)n1ncc(-c2cc3c(nn2)[C@@]2(C)CC[C@@H]3C2(C)C)c1-c1ccccc1. The molecule has 150 valence electrons. The van der Waals surface area contributed by atoms with E-state index in [0.29, 0.717) is 5.92 Å². The van der Waals surface area contributed by atoms with Crippen molar-refractivity contribution < 1.29 is 0 Å². The van der Waals surface area contributed by atoms with Gasteiger partial charge in [-0.3, -0.25) is 4.68 Å². The molecule has 1 fully saturated rings. The number of nitrogens with zero attached hydrogens (tertiary/aromatic N) is 4. The second-order valence-corrected chi connectivity index (χ2v) is 10.5. The van der Waals surface area contributed by atoms with E-state index in [2.05, 4.69) is 82.6 Å². The Morgan fingerprint density at radius 1 is 1.03 bits per heavy atom.